The van der Waals surface area contributed by atoms with Crippen molar-refractivity contribution in [1.82, 2.24) is 16.0 Å². The maximum Gasteiger partial charge on any atom is 0.407 e. The Morgan fingerprint density at radius 1 is 1.26 bits per heavy atom. The molecule has 0 aliphatic rings. The number of urea groups is 1. The van der Waals surface area contributed by atoms with E-state index in [0.29, 0.717) is 0 Å². The molecule has 0 rings (SSSR count). The summed E-state index contributed by atoms with van der Waals surface area (Å²) in [6.07, 6.45) is -0.571. The Morgan fingerprint density at radius 3 is 2.26 bits per heavy atom. The summed E-state index contributed by atoms with van der Waals surface area (Å²) >= 11 is 0. The highest BCUT2D eigenvalue weighted by Crippen LogP contribution is 2.06. The number of nitrogens with one attached hydrogen (secondary N) is 3. The van der Waals surface area contributed by atoms with Crippen molar-refractivity contribution in [3.63, 3.8) is 0 Å². The summed E-state index contributed by atoms with van der Waals surface area (Å²) in [6, 6.07) is -1.67. The first kappa shape index (κ1) is 17.0. The summed E-state index contributed by atoms with van der Waals surface area (Å²) in [5, 5.41) is 15.8. The van der Waals surface area contributed by atoms with Crippen LogP contribution >= 0.6 is 0 Å². The predicted molar refractivity (Wildman–Crippen MR) is 67.9 cm³/mol. The molecule has 19 heavy (non-hydrogen) atoms. The molecule has 0 aliphatic heterocycles. The van der Waals surface area contributed by atoms with Gasteiger partial charge in [-0.1, -0.05) is 0 Å². The van der Waals surface area contributed by atoms with Gasteiger partial charge in [0.25, 0.3) is 0 Å². The Balaban J connectivity index is 4.10. The number of amides is 3. The zero-order valence-electron chi connectivity index (χ0n) is 11.6. The minimum atomic E-state index is -1.17. The van der Waals surface area contributed by atoms with Gasteiger partial charge in [0.15, 0.2) is 0 Å². The predicted octanol–water partition coefficient (Wildman–Crippen LogP) is 0.283. The molecule has 0 fully saturated rings. The van der Waals surface area contributed by atoms with Crippen LogP contribution in [0.5, 0.6) is 0 Å². The Morgan fingerprint density at radius 2 is 1.84 bits per heavy atom. The van der Waals surface area contributed by atoms with Gasteiger partial charge in [0.1, 0.15) is 11.6 Å². The fourth-order valence-corrected chi connectivity index (χ4v) is 1.12. The second kappa shape index (κ2) is 7.45. The third-order valence-electron chi connectivity index (χ3n) is 1.93. The molecule has 0 aromatic heterocycles. The van der Waals surface area contributed by atoms with Gasteiger partial charge in [-0.25, -0.2) is 14.4 Å². The van der Waals surface area contributed by atoms with Crippen LogP contribution in [0.25, 0.3) is 0 Å². The normalized spacial score (nSPS) is 12.2. The van der Waals surface area contributed by atoms with Crippen LogP contribution in [0.15, 0.2) is 0 Å². The Kier molecular flexibility index (Phi) is 6.67. The number of hydrogen-bond acceptors (Lipinski definition) is 4. The van der Waals surface area contributed by atoms with Crippen molar-refractivity contribution >= 4 is 18.1 Å². The molecule has 3 amide bonds. The van der Waals surface area contributed by atoms with Crippen molar-refractivity contribution in [1.29, 1.82) is 0 Å². The number of ether oxygens (including phenoxy) is 1. The van der Waals surface area contributed by atoms with E-state index >= 15 is 0 Å². The molecule has 0 unspecified atom stereocenters. The van der Waals surface area contributed by atoms with E-state index in [-0.39, 0.29) is 13.0 Å². The molecule has 8 heteroatoms. The molecular weight excluding hydrogens is 254 g/mol. The average Bonchev–Trinajstić information content (AvgIpc) is 2.24. The van der Waals surface area contributed by atoms with E-state index in [1.807, 2.05) is 0 Å². The summed E-state index contributed by atoms with van der Waals surface area (Å²) in [7, 11) is 1.38. The zero-order chi connectivity index (χ0) is 15.1. The van der Waals surface area contributed by atoms with Crippen LogP contribution < -0.4 is 16.0 Å². The van der Waals surface area contributed by atoms with Crippen molar-refractivity contribution in [2.24, 2.45) is 0 Å². The van der Waals surface area contributed by atoms with Crippen LogP contribution in [0.4, 0.5) is 9.59 Å². The smallest absolute Gasteiger partial charge is 0.407 e. The number of carbonyl (C=O) groups is 3. The van der Waals surface area contributed by atoms with E-state index in [4.69, 9.17) is 9.84 Å². The van der Waals surface area contributed by atoms with Gasteiger partial charge in [0.05, 0.1) is 0 Å². The van der Waals surface area contributed by atoms with E-state index in [1.165, 1.54) is 7.05 Å². The number of carboxylic acids is 1. The molecule has 0 radical (unpaired) electrons. The van der Waals surface area contributed by atoms with E-state index in [0.717, 1.165) is 0 Å². The fourth-order valence-electron chi connectivity index (χ4n) is 1.12. The van der Waals surface area contributed by atoms with Gasteiger partial charge in [0, 0.05) is 13.6 Å². The minimum Gasteiger partial charge on any atom is -0.480 e. The molecule has 0 heterocycles. The van der Waals surface area contributed by atoms with Gasteiger partial charge in [-0.2, -0.15) is 0 Å². The Bertz CT molecular complexity index is 338. The highest BCUT2D eigenvalue weighted by atomic mass is 16.6. The molecule has 110 valence electrons. The molecule has 0 saturated heterocycles. The van der Waals surface area contributed by atoms with Crippen molar-refractivity contribution in [2.45, 2.75) is 38.8 Å². The lowest BCUT2D eigenvalue weighted by molar-refractivity contribution is -0.139. The fraction of sp³-hybridized carbons (Fsp3) is 0.727. The van der Waals surface area contributed by atoms with Crippen molar-refractivity contribution in [2.75, 3.05) is 13.6 Å². The van der Waals surface area contributed by atoms with Crippen LogP contribution in [0.3, 0.4) is 0 Å². The number of hydrogen-bond donors (Lipinski definition) is 4. The van der Waals surface area contributed by atoms with Crippen molar-refractivity contribution in [3.8, 4) is 0 Å². The van der Waals surface area contributed by atoms with Gasteiger partial charge in [-0.3, -0.25) is 0 Å². The molecule has 8 nitrogen and oxygen atoms in total. The van der Waals surface area contributed by atoms with Gasteiger partial charge in [-0.15, -0.1) is 0 Å². The van der Waals surface area contributed by atoms with Gasteiger partial charge >= 0.3 is 18.1 Å². The molecule has 0 aromatic carbocycles. The zero-order valence-corrected chi connectivity index (χ0v) is 11.6. The first-order chi connectivity index (χ1) is 8.65. The second-order valence-electron chi connectivity index (χ2n) is 4.83. The van der Waals surface area contributed by atoms with E-state index < -0.39 is 29.7 Å². The molecule has 0 aromatic rings. The quantitative estimate of drug-likeness (QED) is 0.575. The van der Waals surface area contributed by atoms with E-state index in [2.05, 4.69) is 16.0 Å². The lowest BCUT2D eigenvalue weighted by Gasteiger charge is -2.20. The van der Waals surface area contributed by atoms with E-state index in [1.54, 1.807) is 20.8 Å². The summed E-state index contributed by atoms with van der Waals surface area (Å²) in [6.45, 7) is 5.25. The number of aliphatic carboxylic acids is 1. The van der Waals surface area contributed by atoms with Crippen LogP contribution in [0.2, 0.25) is 0 Å². The maximum atomic E-state index is 11.3. The van der Waals surface area contributed by atoms with E-state index in [9.17, 15) is 14.4 Å². The summed E-state index contributed by atoms with van der Waals surface area (Å²) in [4.78, 5) is 33.2. The molecular formula is C11H21N3O5. The van der Waals surface area contributed by atoms with Gasteiger partial charge in [-0.05, 0) is 27.2 Å². The van der Waals surface area contributed by atoms with Crippen LogP contribution in [-0.2, 0) is 9.53 Å². The SMILES string of the molecule is CNC(=O)N[C@@H](CCNC(=O)OC(C)(C)C)C(=O)O. The molecule has 0 saturated carbocycles. The highest BCUT2D eigenvalue weighted by molar-refractivity contribution is 5.82. The lowest BCUT2D eigenvalue weighted by Crippen LogP contribution is -2.46. The largest absolute Gasteiger partial charge is 0.480 e. The molecule has 0 aliphatic carbocycles. The van der Waals surface area contributed by atoms with Gasteiger partial charge in [0.2, 0.25) is 0 Å². The summed E-state index contributed by atoms with van der Waals surface area (Å²) < 4.78 is 4.99. The monoisotopic (exact) mass is 275 g/mol. The third kappa shape index (κ3) is 8.70. The summed E-state index contributed by atoms with van der Waals surface area (Å²) in [5.41, 5.74) is -0.614. The first-order valence-corrected chi connectivity index (χ1v) is 5.83. The molecule has 1 atom stereocenters. The number of rotatable bonds is 5. The molecule has 0 spiro atoms. The van der Waals surface area contributed by atoms with Crippen LogP contribution in [-0.4, -0.2) is 48.4 Å². The van der Waals surface area contributed by atoms with Crippen LogP contribution in [0.1, 0.15) is 27.2 Å². The average molecular weight is 275 g/mol. The highest BCUT2D eigenvalue weighted by Gasteiger charge is 2.20. The van der Waals surface area contributed by atoms with Gasteiger partial charge < -0.3 is 25.8 Å². The summed E-state index contributed by atoms with van der Waals surface area (Å²) in [5.74, 6) is -1.17. The van der Waals surface area contributed by atoms with Crippen LogP contribution in [0, 0.1) is 0 Å². The Hall–Kier alpha value is -1.99. The van der Waals surface area contributed by atoms with Crippen molar-refractivity contribution in [3.05, 3.63) is 0 Å². The minimum absolute atomic E-state index is 0.0575. The molecule has 4 N–H and O–H groups in total. The topological polar surface area (TPSA) is 117 Å². The second-order valence-corrected chi connectivity index (χ2v) is 4.83. The third-order valence-corrected chi connectivity index (χ3v) is 1.93. The number of alkyl carbamates (subject to hydrolysis) is 1. The lowest BCUT2D eigenvalue weighted by atomic mass is 10.2. The Labute approximate surface area is 111 Å². The van der Waals surface area contributed by atoms with Crippen molar-refractivity contribution < 1.29 is 24.2 Å². The first-order valence-electron chi connectivity index (χ1n) is 5.83. The maximum absolute atomic E-state index is 11.3. The standard InChI is InChI=1S/C11H21N3O5/c1-11(2,3)19-10(18)13-6-5-7(8(15)16)14-9(17)12-4/h7H,5-6H2,1-4H3,(H,13,18)(H,15,16)(H2,12,14,17)/t7-/m0/s1. The number of carboxylic acid groups (broad SMARTS) is 1. The molecule has 0 bridgehead atoms. The number of carbonyl (C=O) groups excluding carboxylic acids is 2.